The minimum absolute atomic E-state index is 0. The molecule has 0 aliphatic carbocycles. The van der Waals surface area contributed by atoms with E-state index in [-0.39, 0.29) is 24.2 Å². The molecule has 0 bridgehead atoms. The van der Waals surface area contributed by atoms with E-state index in [4.69, 9.17) is 4.74 Å². The number of likely N-dealkylation sites (N-methyl/N-ethyl adjacent to an activating group) is 1. The summed E-state index contributed by atoms with van der Waals surface area (Å²) < 4.78 is 5.55. The van der Waals surface area contributed by atoms with Crippen LogP contribution in [0, 0.1) is 5.92 Å². The van der Waals surface area contributed by atoms with Crippen molar-refractivity contribution < 1.29 is 9.53 Å². The van der Waals surface area contributed by atoms with Gasteiger partial charge in [0.05, 0.1) is 12.5 Å². The van der Waals surface area contributed by atoms with E-state index in [2.05, 4.69) is 5.32 Å². The Bertz CT molecular complexity index is 369. The fraction of sp³-hybridized carbons (Fsp3) is 0.462. The Hall–Kier alpha value is -1.26. The number of nitrogens with one attached hydrogen (secondary N) is 1. The number of benzene rings is 1. The van der Waals surface area contributed by atoms with Gasteiger partial charge >= 0.3 is 0 Å². The minimum atomic E-state index is 0. The Balaban J connectivity index is 0.00000162. The quantitative estimate of drug-likeness (QED) is 0.873. The molecule has 2 rings (SSSR count). The second-order valence-corrected chi connectivity index (χ2v) is 4.28. The van der Waals surface area contributed by atoms with E-state index in [0.29, 0.717) is 13.2 Å². The van der Waals surface area contributed by atoms with E-state index in [1.165, 1.54) is 0 Å². The van der Waals surface area contributed by atoms with Gasteiger partial charge in [-0.2, -0.15) is 0 Å². The maximum absolute atomic E-state index is 11.8. The Morgan fingerprint density at radius 3 is 2.61 bits per heavy atom. The van der Waals surface area contributed by atoms with Crippen molar-refractivity contribution in [1.82, 2.24) is 10.2 Å². The van der Waals surface area contributed by atoms with Crippen molar-refractivity contribution in [2.75, 3.05) is 33.3 Å². The minimum Gasteiger partial charge on any atom is -0.492 e. The van der Waals surface area contributed by atoms with Gasteiger partial charge < -0.3 is 15.0 Å². The van der Waals surface area contributed by atoms with Gasteiger partial charge in [-0.15, -0.1) is 12.4 Å². The molecule has 1 aromatic rings. The van der Waals surface area contributed by atoms with Crippen molar-refractivity contribution in [3.63, 3.8) is 0 Å². The number of amides is 1. The van der Waals surface area contributed by atoms with Gasteiger partial charge in [-0.05, 0) is 12.1 Å². The summed E-state index contributed by atoms with van der Waals surface area (Å²) in [6.45, 7) is 2.78. The predicted molar refractivity (Wildman–Crippen MR) is 73.2 cm³/mol. The molecule has 0 radical (unpaired) electrons. The Kier molecular flexibility index (Phi) is 5.95. The van der Waals surface area contributed by atoms with Crippen LogP contribution in [0.2, 0.25) is 0 Å². The van der Waals surface area contributed by atoms with Crippen LogP contribution in [0.25, 0.3) is 0 Å². The molecule has 0 saturated carbocycles. The van der Waals surface area contributed by atoms with Crippen LogP contribution in [0.5, 0.6) is 5.75 Å². The van der Waals surface area contributed by atoms with Crippen molar-refractivity contribution in [3.8, 4) is 5.75 Å². The van der Waals surface area contributed by atoms with Crippen LogP contribution in [0.4, 0.5) is 0 Å². The maximum Gasteiger partial charge on any atom is 0.228 e. The highest BCUT2D eigenvalue weighted by atomic mass is 35.5. The van der Waals surface area contributed by atoms with Gasteiger partial charge in [0.2, 0.25) is 5.91 Å². The highest BCUT2D eigenvalue weighted by Crippen LogP contribution is 2.09. The molecular formula is C13H19ClN2O2. The van der Waals surface area contributed by atoms with E-state index >= 15 is 0 Å². The number of hydrogen-bond donors (Lipinski definition) is 1. The van der Waals surface area contributed by atoms with Gasteiger partial charge in [-0.25, -0.2) is 0 Å². The lowest BCUT2D eigenvalue weighted by Gasteiger charge is -2.30. The average molecular weight is 271 g/mol. The predicted octanol–water partition coefficient (Wildman–Crippen LogP) is 1.16. The van der Waals surface area contributed by atoms with Crippen molar-refractivity contribution in [1.29, 1.82) is 0 Å². The van der Waals surface area contributed by atoms with Crippen molar-refractivity contribution in [2.45, 2.75) is 0 Å². The molecule has 0 spiro atoms. The first-order chi connectivity index (χ1) is 8.27. The van der Waals surface area contributed by atoms with E-state index in [9.17, 15) is 4.79 Å². The topological polar surface area (TPSA) is 41.6 Å². The first-order valence-corrected chi connectivity index (χ1v) is 5.91. The summed E-state index contributed by atoms with van der Waals surface area (Å²) >= 11 is 0. The summed E-state index contributed by atoms with van der Waals surface area (Å²) in [5.74, 6) is 1.22. The normalized spacial score (nSPS) is 14.3. The van der Waals surface area contributed by atoms with Crippen LogP contribution in [0.15, 0.2) is 30.3 Å². The van der Waals surface area contributed by atoms with Crippen LogP contribution in [-0.4, -0.2) is 44.1 Å². The largest absolute Gasteiger partial charge is 0.492 e. The summed E-state index contributed by atoms with van der Waals surface area (Å²) in [6.07, 6.45) is 0. The van der Waals surface area contributed by atoms with Gasteiger partial charge in [0.1, 0.15) is 12.4 Å². The number of rotatable bonds is 5. The van der Waals surface area contributed by atoms with Crippen LogP contribution < -0.4 is 10.1 Å². The number of para-hydroxylation sites is 1. The molecule has 1 N–H and O–H groups in total. The highest BCUT2D eigenvalue weighted by molar-refractivity contribution is 5.85. The lowest BCUT2D eigenvalue weighted by Crippen LogP contribution is -2.51. The zero-order valence-electron chi connectivity index (χ0n) is 10.5. The number of carbonyl (C=O) groups is 1. The third-order valence-corrected chi connectivity index (χ3v) is 2.95. The second-order valence-electron chi connectivity index (χ2n) is 4.28. The number of ether oxygens (including phenoxy) is 1. The first kappa shape index (κ1) is 14.8. The molecule has 4 nitrogen and oxygen atoms in total. The SMILES string of the molecule is CN(CCOc1ccccc1)C(=O)C1CNC1.Cl. The van der Waals surface area contributed by atoms with E-state index in [0.717, 1.165) is 18.8 Å². The smallest absolute Gasteiger partial charge is 0.228 e. The zero-order chi connectivity index (χ0) is 12.1. The van der Waals surface area contributed by atoms with E-state index < -0.39 is 0 Å². The average Bonchev–Trinajstić information content (AvgIpc) is 2.28. The highest BCUT2D eigenvalue weighted by Gasteiger charge is 2.27. The summed E-state index contributed by atoms with van der Waals surface area (Å²) in [4.78, 5) is 13.5. The zero-order valence-corrected chi connectivity index (χ0v) is 11.3. The molecule has 1 aromatic carbocycles. The first-order valence-electron chi connectivity index (χ1n) is 5.91. The summed E-state index contributed by atoms with van der Waals surface area (Å²) in [7, 11) is 1.83. The number of halogens is 1. The Morgan fingerprint density at radius 2 is 2.06 bits per heavy atom. The van der Waals surface area contributed by atoms with Crippen LogP contribution in [-0.2, 0) is 4.79 Å². The second kappa shape index (κ2) is 7.24. The number of nitrogens with zero attached hydrogens (tertiary/aromatic N) is 1. The molecule has 5 heteroatoms. The summed E-state index contributed by atoms with van der Waals surface area (Å²) in [5, 5.41) is 3.10. The molecule has 1 aliphatic heterocycles. The van der Waals surface area contributed by atoms with Gasteiger partial charge in [-0.3, -0.25) is 4.79 Å². The van der Waals surface area contributed by atoms with Gasteiger partial charge in [0.25, 0.3) is 0 Å². The third-order valence-electron chi connectivity index (χ3n) is 2.95. The molecule has 1 aliphatic rings. The van der Waals surface area contributed by atoms with Crippen LogP contribution >= 0.6 is 12.4 Å². The standard InChI is InChI=1S/C13H18N2O2.ClH/c1-15(13(16)11-9-14-10-11)7-8-17-12-5-3-2-4-6-12;/h2-6,11,14H,7-10H2,1H3;1H. The molecular weight excluding hydrogens is 252 g/mol. The van der Waals surface area contributed by atoms with Crippen molar-refractivity contribution in [3.05, 3.63) is 30.3 Å². The number of hydrogen-bond acceptors (Lipinski definition) is 3. The fourth-order valence-electron chi connectivity index (χ4n) is 1.70. The number of carbonyl (C=O) groups excluding carboxylic acids is 1. The summed E-state index contributed by atoms with van der Waals surface area (Å²) in [6, 6.07) is 9.65. The van der Waals surface area contributed by atoms with Crippen LogP contribution in [0.1, 0.15) is 0 Å². The van der Waals surface area contributed by atoms with Gasteiger partial charge in [-0.1, -0.05) is 18.2 Å². The molecule has 1 fully saturated rings. The van der Waals surface area contributed by atoms with Crippen molar-refractivity contribution >= 4 is 18.3 Å². The Labute approximate surface area is 114 Å². The molecule has 1 heterocycles. The van der Waals surface area contributed by atoms with Gasteiger partial charge in [0.15, 0.2) is 0 Å². The molecule has 1 amide bonds. The Morgan fingerprint density at radius 1 is 1.39 bits per heavy atom. The third kappa shape index (κ3) is 3.89. The van der Waals surface area contributed by atoms with E-state index in [1.54, 1.807) is 4.90 Å². The van der Waals surface area contributed by atoms with Gasteiger partial charge in [0, 0.05) is 20.1 Å². The van der Waals surface area contributed by atoms with Crippen LogP contribution in [0.3, 0.4) is 0 Å². The molecule has 0 atom stereocenters. The van der Waals surface area contributed by atoms with Crippen molar-refractivity contribution in [2.24, 2.45) is 5.92 Å². The molecule has 18 heavy (non-hydrogen) atoms. The molecule has 0 aromatic heterocycles. The van der Waals surface area contributed by atoms with E-state index in [1.807, 2.05) is 37.4 Å². The molecule has 100 valence electrons. The monoisotopic (exact) mass is 270 g/mol. The fourth-order valence-corrected chi connectivity index (χ4v) is 1.70. The molecule has 1 saturated heterocycles. The lowest BCUT2D eigenvalue weighted by molar-refractivity contribution is -0.136. The lowest BCUT2D eigenvalue weighted by atomic mass is 10.0. The molecule has 0 unspecified atom stereocenters. The maximum atomic E-state index is 11.8. The summed E-state index contributed by atoms with van der Waals surface area (Å²) in [5.41, 5.74) is 0.